The van der Waals surface area contributed by atoms with Gasteiger partial charge in [-0.3, -0.25) is 9.89 Å². The van der Waals surface area contributed by atoms with Gasteiger partial charge in [0.15, 0.2) is 0 Å². The van der Waals surface area contributed by atoms with Crippen molar-refractivity contribution in [2.24, 2.45) is 5.92 Å². The number of nitrogens with one attached hydrogen (secondary N) is 1. The van der Waals surface area contributed by atoms with Crippen molar-refractivity contribution in [1.29, 1.82) is 0 Å². The molecule has 1 aromatic rings. The number of hydrogen-bond donors (Lipinski definition) is 2. The molecule has 2 atom stereocenters. The summed E-state index contributed by atoms with van der Waals surface area (Å²) in [7, 11) is 0. The molecule has 0 bridgehead atoms. The number of amides is 1. The monoisotopic (exact) mass is 250 g/mol. The number of aromatic amines is 1. The van der Waals surface area contributed by atoms with Crippen LogP contribution in [-0.4, -0.2) is 50.3 Å². The average Bonchev–Trinajstić information content (AvgIpc) is 2.92. The summed E-state index contributed by atoms with van der Waals surface area (Å²) >= 11 is 0. The summed E-state index contributed by atoms with van der Waals surface area (Å²) in [6.07, 6.45) is 2.76. The van der Waals surface area contributed by atoms with Crippen LogP contribution in [0, 0.1) is 5.92 Å². The first-order valence-corrected chi connectivity index (χ1v) is 6.55. The number of carbonyl (C=O) groups excluding carboxylic acids is 1. The van der Waals surface area contributed by atoms with E-state index in [-0.39, 0.29) is 23.8 Å². The third kappa shape index (κ3) is 2.12. The van der Waals surface area contributed by atoms with E-state index in [0.717, 1.165) is 25.1 Å². The minimum Gasteiger partial charge on any atom is -0.393 e. The molecule has 1 saturated carbocycles. The van der Waals surface area contributed by atoms with Gasteiger partial charge in [0.1, 0.15) is 5.82 Å². The van der Waals surface area contributed by atoms with E-state index in [2.05, 4.69) is 15.2 Å². The molecule has 1 aliphatic carbocycles. The Hall–Kier alpha value is -1.43. The van der Waals surface area contributed by atoms with Crippen molar-refractivity contribution < 1.29 is 9.90 Å². The molecule has 2 aliphatic rings. The minimum atomic E-state index is -0.364. The Morgan fingerprint density at radius 2 is 2.28 bits per heavy atom. The molecule has 3 rings (SSSR count). The highest BCUT2D eigenvalue weighted by Crippen LogP contribution is 2.37. The Morgan fingerprint density at radius 1 is 1.50 bits per heavy atom. The Balaban J connectivity index is 1.66. The van der Waals surface area contributed by atoms with E-state index >= 15 is 0 Å². The van der Waals surface area contributed by atoms with Gasteiger partial charge >= 0.3 is 0 Å². The minimum absolute atomic E-state index is 0.124. The van der Waals surface area contributed by atoms with Crippen molar-refractivity contribution in [3.8, 4) is 0 Å². The van der Waals surface area contributed by atoms with E-state index in [1.165, 1.54) is 0 Å². The van der Waals surface area contributed by atoms with Gasteiger partial charge in [0, 0.05) is 24.9 Å². The fraction of sp³-hybridized carbons (Fsp3) is 0.750. The molecule has 6 nitrogen and oxygen atoms in total. The highest BCUT2D eigenvalue weighted by molar-refractivity contribution is 5.90. The fourth-order valence-corrected chi connectivity index (χ4v) is 2.42. The summed E-state index contributed by atoms with van der Waals surface area (Å²) < 4.78 is 0. The predicted molar refractivity (Wildman–Crippen MR) is 64.0 cm³/mol. The van der Waals surface area contributed by atoms with E-state index in [9.17, 15) is 9.90 Å². The van der Waals surface area contributed by atoms with Crippen LogP contribution in [0.25, 0.3) is 0 Å². The van der Waals surface area contributed by atoms with E-state index in [1.807, 2.05) is 0 Å². The second-order valence-electron chi connectivity index (χ2n) is 5.36. The number of H-pyrrole nitrogens is 1. The number of aliphatic hydroxyl groups excluding tert-OH is 1. The summed E-state index contributed by atoms with van der Waals surface area (Å²) in [5, 5.41) is 16.4. The summed E-state index contributed by atoms with van der Waals surface area (Å²) in [6, 6.07) is 0. The van der Waals surface area contributed by atoms with Crippen molar-refractivity contribution in [3.05, 3.63) is 11.6 Å². The smallest absolute Gasteiger partial charge is 0.293 e. The summed E-state index contributed by atoms with van der Waals surface area (Å²) in [6.45, 7) is 3.06. The quantitative estimate of drug-likeness (QED) is 0.819. The van der Waals surface area contributed by atoms with E-state index in [4.69, 9.17) is 0 Å². The third-order valence-corrected chi connectivity index (χ3v) is 3.85. The summed E-state index contributed by atoms with van der Waals surface area (Å²) in [4.78, 5) is 18.2. The lowest BCUT2D eigenvalue weighted by atomic mass is 10.0. The number of carbonyl (C=O) groups is 1. The molecule has 6 heteroatoms. The van der Waals surface area contributed by atoms with E-state index in [1.54, 1.807) is 11.8 Å². The van der Waals surface area contributed by atoms with Gasteiger partial charge in [-0.05, 0) is 26.2 Å². The highest BCUT2D eigenvalue weighted by atomic mass is 16.3. The Kier molecular flexibility index (Phi) is 2.81. The van der Waals surface area contributed by atoms with Crippen LogP contribution in [0.1, 0.15) is 48.5 Å². The molecule has 18 heavy (non-hydrogen) atoms. The number of hydrogen-bond acceptors (Lipinski definition) is 4. The first-order valence-electron chi connectivity index (χ1n) is 6.55. The molecule has 2 N–H and O–H groups in total. The van der Waals surface area contributed by atoms with Crippen molar-refractivity contribution >= 4 is 5.91 Å². The SMILES string of the molecule is CC(O)C1CCN(C(=O)c2n[nH]c(C3CC3)n2)C1. The van der Waals surface area contributed by atoms with Gasteiger partial charge in [0.25, 0.3) is 5.91 Å². The van der Waals surface area contributed by atoms with Gasteiger partial charge in [-0.25, -0.2) is 4.98 Å². The topological polar surface area (TPSA) is 82.1 Å². The van der Waals surface area contributed by atoms with Crippen LogP contribution in [0.4, 0.5) is 0 Å². The molecule has 1 saturated heterocycles. The van der Waals surface area contributed by atoms with Gasteiger partial charge in [0.05, 0.1) is 6.10 Å². The molecule has 98 valence electrons. The first-order chi connectivity index (χ1) is 8.65. The van der Waals surface area contributed by atoms with Crippen LogP contribution in [0.15, 0.2) is 0 Å². The molecule has 0 radical (unpaired) electrons. The maximum Gasteiger partial charge on any atom is 0.293 e. The normalized spacial score (nSPS) is 25.4. The number of aliphatic hydroxyl groups is 1. The standard InChI is InChI=1S/C12H18N4O2/c1-7(17)9-4-5-16(6-9)12(18)11-13-10(14-15-11)8-2-3-8/h7-9,17H,2-6H2,1H3,(H,13,14,15). The lowest BCUT2D eigenvalue weighted by Crippen LogP contribution is -2.31. The molecule has 2 unspecified atom stereocenters. The maximum atomic E-state index is 12.2. The lowest BCUT2D eigenvalue weighted by molar-refractivity contribution is 0.0751. The Morgan fingerprint density at radius 3 is 2.89 bits per heavy atom. The van der Waals surface area contributed by atoms with Gasteiger partial charge in [-0.15, -0.1) is 5.10 Å². The molecule has 0 aromatic carbocycles. The molecule has 1 aliphatic heterocycles. The predicted octanol–water partition coefficient (Wildman–Crippen LogP) is 0.525. The summed E-state index contributed by atoms with van der Waals surface area (Å²) in [5.74, 6) is 1.63. The number of nitrogens with zero attached hydrogens (tertiary/aromatic N) is 3. The van der Waals surface area contributed by atoms with Gasteiger partial charge < -0.3 is 10.0 Å². The zero-order chi connectivity index (χ0) is 12.7. The van der Waals surface area contributed by atoms with Crippen LogP contribution < -0.4 is 0 Å². The molecule has 1 amide bonds. The van der Waals surface area contributed by atoms with Crippen LogP contribution in [0.2, 0.25) is 0 Å². The largest absolute Gasteiger partial charge is 0.393 e. The van der Waals surface area contributed by atoms with Crippen LogP contribution in [0.3, 0.4) is 0 Å². The Labute approximate surface area is 105 Å². The van der Waals surface area contributed by atoms with Crippen molar-refractivity contribution in [1.82, 2.24) is 20.1 Å². The average molecular weight is 250 g/mol. The Bertz CT molecular complexity index is 453. The molecule has 1 aromatic heterocycles. The van der Waals surface area contributed by atoms with Crippen molar-refractivity contribution in [2.75, 3.05) is 13.1 Å². The van der Waals surface area contributed by atoms with Gasteiger partial charge in [-0.2, -0.15) is 0 Å². The number of aromatic nitrogens is 3. The van der Waals surface area contributed by atoms with Gasteiger partial charge in [0.2, 0.25) is 5.82 Å². The molecule has 2 fully saturated rings. The maximum absolute atomic E-state index is 12.2. The first kappa shape index (κ1) is 11.6. The summed E-state index contributed by atoms with van der Waals surface area (Å²) in [5.41, 5.74) is 0. The third-order valence-electron chi connectivity index (χ3n) is 3.85. The molecule has 0 spiro atoms. The molecular formula is C12H18N4O2. The molecular weight excluding hydrogens is 232 g/mol. The van der Waals surface area contributed by atoms with Crippen molar-refractivity contribution in [3.63, 3.8) is 0 Å². The highest BCUT2D eigenvalue weighted by Gasteiger charge is 2.33. The van der Waals surface area contributed by atoms with Crippen LogP contribution >= 0.6 is 0 Å². The number of rotatable bonds is 3. The fourth-order valence-electron chi connectivity index (χ4n) is 2.42. The van der Waals surface area contributed by atoms with Gasteiger partial charge in [-0.1, -0.05) is 0 Å². The number of likely N-dealkylation sites (tertiary alicyclic amines) is 1. The van der Waals surface area contributed by atoms with Crippen molar-refractivity contribution in [2.45, 2.75) is 38.2 Å². The molecule has 2 heterocycles. The zero-order valence-electron chi connectivity index (χ0n) is 10.5. The zero-order valence-corrected chi connectivity index (χ0v) is 10.5. The van der Waals surface area contributed by atoms with Crippen LogP contribution in [0.5, 0.6) is 0 Å². The van der Waals surface area contributed by atoms with E-state index in [0.29, 0.717) is 19.0 Å². The van der Waals surface area contributed by atoms with E-state index < -0.39 is 0 Å². The second kappa shape index (κ2) is 4.35. The lowest BCUT2D eigenvalue weighted by Gasteiger charge is -2.15. The van der Waals surface area contributed by atoms with Crippen LogP contribution in [-0.2, 0) is 0 Å². The second-order valence-corrected chi connectivity index (χ2v) is 5.36.